The molecule has 2 N–H and O–H groups in total. The molecule has 2 amide bonds. The Hall–Kier alpha value is -2.90. The Morgan fingerprint density at radius 3 is 2.73 bits per heavy atom. The maximum atomic E-state index is 12.2. The predicted molar refractivity (Wildman–Crippen MR) is 98.1 cm³/mol. The molecular weight excluding hydrogens is 334 g/mol. The Kier molecular flexibility index (Phi) is 6.32. The number of hydrogen-bond donors (Lipinski definition) is 2. The largest absolute Gasteiger partial charge is 0.497 e. The molecule has 8 heteroatoms. The van der Waals surface area contributed by atoms with Crippen molar-refractivity contribution in [3.05, 3.63) is 36.2 Å². The molecule has 0 saturated heterocycles. The van der Waals surface area contributed by atoms with Crippen molar-refractivity contribution in [3.8, 4) is 5.75 Å². The van der Waals surface area contributed by atoms with Gasteiger partial charge in [0.15, 0.2) is 5.69 Å². The molecule has 2 aromatic rings. The summed E-state index contributed by atoms with van der Waals surface area (Å²) in [5.74, 6) is 0.285. The predicted octanol–water partition coefficient (Wildman–Crippen LogP) is 2.09. The van der Waals surface area contributed by atoms with Crippen molar-refractivity contribution in [2.24, 2.45) is 5.41 Å². The van der Waals surface area contributed by atoms with Crippen LogP contribution in [0.4, 0.5) is 5.69 Å². The van der Waals surface area contributed by atoms with Crippen molar-refractivity contribution < 1.29 is 14.3 Å². The average molecular weight is 359 g/mol. The van der Waals surface area contributed by atoms with E-state index in [0.29, 0.717) is 30.9 Å². The highest BCUT2D eigenvalue weighted by molar-refractivity contribution is 6.02. The summed E-state index contributed by atoms with van der Waals surface area (Å²) < 4.78 is 6.65. The van der Waals surface area contributed by atoms with Gasteiger partial charge in [-0.15, -0.1) is 5.10 Å². The number of benzene rings is 1. The van der Waals surface area contributed by atoms with Crippen LogP contribution in [0.1, 0.15) is 37.7 Å². The van der Waals surface area contributed by atoms with Crippen LogP contribution in [-0.4, -0.2) is 40.5 Å². The summed E-state index contributed by atoms with van der Waals surface area (Å²) in [7, 11) is 1.56. The van der Waals surface area contributed by atoms with Crippen LogP contribution in [0.25, 0.3) is 0 Å². The number of anilines is 1. The van der Waals surface area contributed by atoms with Gasteiger partial charge in [0.25, 0.3) is 5.91 Å². The summed E-state index contributed by atoms with van der Waals surface area (Å²) >= 11 is 0. The monoisotopic (exact) mass is 359 g/mol. The number of carbonyl (C=O) groups excluding carboxylic acids is 2. The van der Waals surface area contributed by atoms with E-state index in [2.05, 4.69) is 20.9 Å². The minimum Gasteiger partial charge on any atom is -0.497 e. The minimum atomic E-state index is -0.360. The molecule has 0 aliphatic rings. The molecule has 0 radical (unpaired) electrons. The van der Waals surface area contributed by atoms with Crippen molar-refractivity contribution in [3.63, 3.8) is 0 Å². The van der Waals surface area contributed by atoms with Crippen LogP contribution in [0, 0.1) is 5.41 Å². The van der Waals surface area contributed by atoms with Gasteiger partial charge in [-0.3, -0.25) is 9.59 Å². The zero-order chi connectivity index (χ0) is 19.2. The van der Waals surface area contributed by atoms with Crippen LogP contribution >= 0.6 is 0 Å². The smallest absolute Gasteiger partial charge is 0.277 e. The van der Waals surface area contributed by atoms with Crippen molar-refractivity contribution in [2.45, 2.75) is 33.7 Å². The summed E-state index contributed by atoms with van der Waals surface area (Å²) in [5, 5.41) is 13.4. The first-order chi connectivity index (χ1) is 12.3. The van der Waals surface area contributed by atoms with Crippen molar-refractivity contribution in [1.29, 1.82) is 0 Å². The Morgan fingerprint density at radius 2 is 2.04 bits per heavy atom. The van der Waals surface area contributed by atoms with Crippen molar-refractivity contribution >= 4 is 17.5 Å². The van der Waals surface area contributed by atoms with Crippen LogP contribution in [0.15, 0.2) is 30.5 Å². The third-order valence-corrected chi connectivity index (χ3v) is 3.45. The fraction of sp³-hybridized carbons (Fsp3) is 0.444. The molecular formula is C18H25N5O3. The van der Waals surface area contributed by atoms with E-state index < -0.39 is 0 Å². The number of carbonyl (C=O) groups is 2. The fourth-order valence-corrected chi connectivity index (χ4v) is 2.26. The number of rotatable bonds is 7. The van der Waals surface area contributed by atoms with Crippen molar-refractivity contribution in [1.82, 2.24) is 20.3 Å². The quantitative estimate of drug-likeness (QED) is 0.789. The molecule has 0 fully saturated rings. The standard InChI is InChI=1S/C18H25N5O3/c1-18(2,3)11-16(24)19-8-9-23-12-15(21-22-23)17(25)20-13-6-5-7-14(10-13)26-4/h5-7,10,12H,8-9,11H2,1-4H3,(H,19,24)(H,20,25). The summed E-state index contributed by atoms with van der Waals surface area (Å²) in [6.45, 7) is 6.90. The molecule has 140 valence electrons. The van der Waals surface area contributed by atoms with Gasteiger partial charge in [0.2, 0.25) is 5.91 Å². The summed E-state index contributed by atoms with van der Waals surface area (Å²) in [4.78, 5) is 24.0. The van der Waals surface area contributed by atoms with Gasteiger partial charge in [0, 0.05) is 24.7 Å². The third kappa shape index (κ3) is 6.19. The van der Waals surface area contributed by atoms with Gasteiger partial charge >= 0.3 is 0 Å². The fourth-order valence-electron chi connectivity index (χ4n) is 2.26. The Balaban J connectivity index is 1.84. The molecule has 2 rings (SSSR count). The lowest BCUT2D eigenvalue weighted by Gasteiger charge is -2.17. The molecule has 0 aliphatic heterocycles. The van der Waals surface area contributed by atoms with E-state index in [-0.39, 0.29) is 22.9 Å². The lowest BCUT2D eigenvalue weighted by molar-refractivity contribution is -0.122. The van der Waals surface area contributed by atoms with E-state index in [1.807, 2.05) is 20.8 Å². The number of nitrogens with zero attached hydrogens (tertiary/aromatic N) is 3. The van der Waals surface area contributed by atoms with Gasteiger partial charge in [-0.25, -0.2) is 4.68 Å². The first-order valence-corrected chi connectivity index (χ1v) is 8.39. The summed E-state index contributed by atoms with van der Waals surface area (Å²) in [5.41, 5.74) is 0.759. The molecule has 0 unspecified atom stereocenters. The number of aromatic nitrogens is 3. The molecule has 0 spiro atoms. The van der Waals surface area contributed by atoms with E-state index in [9.17, 15) is 9.59 Å². The van der Waals surface area contributed by atoms with Gasteiger partial charge in [0.1, 0.15) is 5.75 Å². The third-order valence-electron chi connectivity index (χ3n) is 3.45. The molecule has 0 bridgehead atoms. The van der Waals surface area contributed by atoms with Crippen molar-refractivity contribution in [2.75, 3.05) is 19.0 Å². The van der Waals surface area contributed by atoms with Gasteiger partial charge in [-0.05, 0) is 17.5 Å². The average Bonchev–Trinajstić information content (AvgIpc) is 3.02. The molecule has 8 nitrogen and oxygen atoms in total. The van der Waals surface area contributed by atoms with E-state index >= 15 is 0 Å². The number of ether oxygens (including phenoxy) is 1. The van der Waals surface area contributed by atoms with E-state index in [1.165, 1.54) is 4.68 Å². The molecule has 1 heterocycles. The second kappa shape index (κ2) is 8.46. The lowest BCUT2D eigenvalue weighted by atomic mass is 9.92. The topological polar surface area (TPSA) is 98.1 Å². The molecule has 0 saturated carbocycles. The highest BCUT2D eigenvalue weighted by atomic mass is 16.5. The molecule has 1 aromatic heterocycles. The molecule has 0 atom stereocenters. The zero-order valence-electron chi connectivity index (χ0n) is 15.6. The van der Waals surface area contributed by atoms with Crippen LogP contribution in [0.3, 0.4) is 0 Å². The summed E-state index contributed by atoms with van der Waals surface area (Å²) in [6, 6.07) is 7.05. The number of nitrogens with one attached hydrogen (secondary N) is 2. The SMILES string of the molecule is COc1cccc(NC(=O)c2cn(CCNC(=O)CC(C)(C)C)nn2)c1. The number of hydrogen-bond acceptors (Lipinski definition) is 5. The first-order valence-electron chi connectivity index (χ1n) is 8.39. The normalized spacial score (nSPS) is 11.1. The Bertz CT molecular complexity index is 764. The van der Waals surface area contributed by atoms with E-state index in [1.54, 1.807) is 37.6 Å². The van der Waals surface area contributed by atoms with Gasteiger partial charge in [-0.1, -0.05) is 32.1 Å². The summed E-state index contributed by atoms with van der Waals surface area (Å²) in [6.07, 6.45) is 2.00. The second-order valence-electron chi connectivity index (χ2n) is 7.14. The highest BCUT2D eigenvalue weighted by Crippen LogP contribution is 2.18. The molecule has 0 aliphatic carbocycles. The van der Waals surface area contributed by atoms with Crippen LogP contribution < -0.4 is 15.4 Å². The number of amides is 2. The lowest BCUT2D eigenvalue weighted by Crippen LogP contribution is -2.30. The molecule has 1 aromatic carbocycles. The maximum Gasteiger partial charge on any atom is 0.277 e. The van der Waals surface area contributed by atoms with E-state index in [0.717, 1.165) is 0 Å². The first kappa shape index (κ1) is 19.4. The molecule has 26 heavy (non-hydrogen) atoms. The number of methoxy groups -OCH3 is 1. The van der Waals surface area contributed by atoms with E-state index in [4.69, 9.17) is 4.74 Å². The van der Waals surface area contributed by atoms with Crippen LogP contribution in [0.2, 0.25) is 0 Å². The highest BCUT2D eigenvalue weighted by Gasteiger charge is 2.16. The van der Waals surface area contributed by atoms with Gasteiger partial charge in [0.05, 0.1) is 19.9 Å². The van der Waals surface area contributed by atoms with Crippen LogP contribution in [-0.2, 0) is 11.3 Å². The minimum absolute atomic E-state index is 0.00592. The maximum absolute atomic E-state index is 12.2. The van der Waals surface area contributed by atoms with Gasteiger partial charge < -0.3 is 15.4 Å². The Labute approximate surface area is 152 Å². The zero-order valence-corrected chi connectivity index (χ0v) is 15.6. The van der Waals surface area contributed by atoms with Gasteiger partial charge in [-0.2, -0.15) is 0 Å². The Morgan fingerprint density at radius 1 is 1.27 bits per heavy atom. The van der Waals surface area contributed by atoms with Crippen LogP contribution in [0.5, 0.6) is 5.75 Å². The second-order valence-corrected chi connectivity index (χ2v) is 7.14.